The highest BCUT2D eigenvalue weighted by Gasteiger charge is 2.36. The molecule has 1 atom stereocenters. The normalized spacial score (nSPS) is 20.1. The Morgan fingerprint density at radius 2 is 1.44 bits per heavy atom. The van der Waals surface area contributed by atoms with E-state index in [9.17, 15) is 0 Å². The highest BCUT2D eigenvalue weighted by Crippen LogP contribution is 2.53. The molecule has 0 saturated heterocycles. The smallest absolute Gasteiger partial charge is 0.176 e. The Labute approximate surface area is 114 Å². The minimum atomic E-state index is 0.0959. The molecule has 0 N–H and O–H groups in total. The Morgan fingerprint density at radius 1 is 0.944 bits per heavy atom. The Bertz CT molecular complexity index is 446. The summed E-state index contributed by atoms with van der Waals surface area (Å²) in [6.45, 7) is 16.1. The van der Waals surface area contributed by atoms with Crippen molar-refractivity contribution in [3.8, 4) is 11.5 Å². The van der Waals surface area contributed by atoms with Gasteiger partial charge in [-0.1, -0.05) is 41.5 Å². The lowest BCUT2D eigenvalue weighted by molar-refractivity contribution is 0.101. The van der Waals surface area contributed by atoms with E-state index in [-0.39, 0.29) is 16.9 Å². The molecule has 0 amide bonds. The zero-order valence-electron chi connectivity index (χ0n) is 12.5. The van der Waals surface area contributed by atoms with Crippen LogP contribution in [0.3, 0.4) is 0 Å². The number of ether oxygens (including phenoxy) is 2. The molecule has 102 valence electrons. The molecule has 0 aromatic carbocycles. The van der Waals surface area contributed by atoms with E-state index in [1.807, 2.05) is 11.3 Å². The summed E-state index contributed by atoms with van der Waals surface area (Å²) in [7, 11) is 0. The van der Waals surface area contributed by atoms with Gasteiger partial charge in [-0.25, -0.2) is 0 Å². The molecular formula is C15H24O2S. The van der Waals surface area contributed by atoms with Gasteiger partial charge in [0.15, 0.2) is 11.5 Å². The van der Waals surface area contributed by atoms with Gasteiger partial charge in [-0.3, -0.25) is 0 Å². The molecule has 0 radical (unpaired) electrons. The summed E-state index contributed by atoms with van der Waals surface area (Å²) < 4.78 is 12.0. The molecular weight excluding hydrogens is 244 g/mol. The zero-order chi connectivity index (χ0) is 13.7. The summed E-state index contributed by atoms with van der Waals surface area (Å²) in [6, 6.07) is 0. The second kappa shape index (κ2) is 4.16. The van der Waals surface area contributed by atoms with E-state index in [1.165, 1.54) is 9.75 Å². The van der Waals surface area contributed by atoms with Gasteiger partial charge in [0.05, 0.1) is 9.75 Å². The average molecular weight is 268 g/mol. The summed E-state index contributed by atoms with van der Waals surface area (Å²) >= 11 is 1.84. The fourth-order valence-corrected chi connectivity index (χ4v) is 3.36. The third kappa shape index (κ3) is 2.37. The number of hydrogen-bond acceptors (Lipinski definition) is 3. The van der Waals surface area contributed by atoms with Crippen molar-refractivity contribution < 1.29 is 9.47 Å². The van der Waals surface area contributed by atoms with E-state index in [0.717, 1.165) is 11.5 Å². The minimum Gasteiger partial charge on any atom is -0.485 e. The Balaban J connectivity index is 2.60. The average Bonchev–Trinajstić information content (AvgIpc) is 2.54. The number of hydrogen-bond donors (Lipinski definition) is 0. The summed E-state index contributed by atoms with van der Waals surface area (Å²) in [5, 5.41) is 0. The van der Waals surface area contributed by atoms with E-state index in [4.69, 9.17) is 9.47 Å². The lowest BCUT2D eigenvalue weighted by Gasteiger charge is -2.27. The van der Waals surface area contributed by atoms with Crippen molar-refractivity contribution in [1.29, 1.82) is 0 Å². The van der Waals surface area contributed by atoms with Gasteiger partial charge in [0.1, 0.15) is 12.7 Å². The van der Waals surface area contributed by atoms with E-state index < -0.39 is 0 Å². The van der Waals surface area contributed by atoms with Gasteiger partial charge in [0.2, 0.25) is 0 Å². The molecule has 1 aromatic heterocycles. The summed E-state index contributed by atoms with van der Waals surface area (Å²) in [6.07, 6.45) is 0.140. The number of rotatable bonds is 0. The SMILES string of the molecule is CC1COc2c(C(C)(C)C)sc(C(C)(C)C)c2O1. The van der Waals surface area contributed by atoms with Gasteiger partial charge < -0.3 is 9.47 Å². The van der Waals surface area contributed by atoms with Crippen molar-refractivity contribution in [2.45, 2.75) is 65.4 Å². The molecule has 2 nitrogen and oxygen atoms in total. The van der Waals surface area contributed by atoms with Gasteiger partial charge >= 0.3 is 0 Å². The van der Waals surface area contributed by atoms with Gasteiger partial charge in [-0.2, -0.15) is 0 Å². The molecule has 0 spiro atoms. The van der Waals surface area contributed by atoms with Gasteiger partial charge in [-0.05, 0) is 6.92 Å². The second-order valence-electron chi connectivity index (χ2n) is 7.16. The maximum atomic E-state index is 6.05. The topological polar surface area (TPSA) is 18.5 Å². The highest BCUT2D eigenvalue weighted by molar-refractivity contribution is 7.13. The van der Waals surface area contributed by atoms with E-state index in [0.29, 0.717) is 6.61 Å². The van der Waals surface area contributed by atoms with Crippen LogP contribution in [-0.2, 0) is 10.8 Å². The van der Waals surface area contributed by atoms with Crippen LogP contribution in [0.2, 0.25) is 0 Å². The molecule has 1 aliphatic rings. The van der Waals surface area contributed by atoms with Crippen LogP contribution in [0.1, 0.15) is 58.2 Å². The molecule has 1 aromatic rings. The van der Waals surface area contributed by atoms with Crippen LogP contribution in [0.4, 0.5) is 0 Å². The number of fused-ring (bicyclic) bond motifs is 1. The molecule has 3 heteroatoms. The maximum Gasteiger partial charge on any atom is 0.176 e. The molecule has 0 aliphatic carbocycles. The highest BCUT2D eigenvalue weighted by atomic mass is 32.1. The van der Waals surface area contributed by atoms with E-state index in [2.05, 4.69) is 48.5 Å². The largest absolute Gasteiger partial charge is 0.485 e. The van der Waals surface area contributed by atoms with Crippen LogP contribution in [0.5, 0.6) is 11.5 Å². The molecule has 2 rings (SSSR count). The summed E-state index contributed by atoms with van der Waals surface area (Å²) in [5.74, 6) is 1.96. The van der Waals surface area contributed by atoms with Crippen LogP contribution in [0.15, 0.2) is 0 Å². The van der Waals surface area contributed by atoms with Crippen molar-refractivity contribution in [2.24, 2.45) is 0 Å². The first kappa shape index (κ1) is 13.7. The van der Waals surface area contributed by atoms with Crippen LogP contribution in [0, 0.1) is 0 Å². The molecule has 18 heavy (non-hydrogen) atoms. The third-order valence-corrected chi connectivity index (χ3v) is 4.97. The first-order valence-corrected chi connectivity index (χ1v) is 7.39. The lowest BCUT2D eigenvalue weighted by Crippen LogP contribution is -2.27. The Hall–Kier alpha value is -0.700. The summed E-state index contributed by atoms with van der Waals surface area (Å²) in [4.78, 5) is 2.60. The van der Waals surface area contributed by atoms with Crippen molar-refractivity contribution in [2.75, 3.05) is 6.61 Å². The van der Waals surface area contributed by atoms with Crippen LogP contribution < -0.4 is 9.47 Å². The van der Waals surface area contributed by atoms with Crippen molar-refractivity contribution >= 4 is 11.3 Å². The van der Waals surface area contributed by atoms with Gasteiger partial charge in [-0.15, -0.1) is 11.3 Å². The molecule has 1 aliphatic heterocycles. The van der Waals surface area contributed by atoms with Crippen LogP contribution >= 0.6 is 11.3 Å². The molecule has 2 heterocycles. The maximum absolute atomic E-state index is 6.05. The lowest BCUT2D eigenvalue weighted by atomic mass is 9.91. The fourth-order valence-electron chi connectivity index (χ4n) is 2.06. The minimum absolute atomic E-state index is 0.0959. The quantitative estimate of drug-likeness (QED) is 0.689. The first-order valence-electron chi connectivity index (χ1n) is 6.58. The predicted octanol–water partition coefficient (Wildman–Crippen LogP) is 4.50. The standard InChI is InChI=1S/C15H24O2S/c1-9-8-16-10-11(17-9)13(15(5,6)7)18-12(10)14(2,3)4/h9H,8H2,1-7H3. The van der Waals surface area contributed by atoms with Crippen LogP contribution in [0.25, 0.3) is 0 Å². The summed E-state index contributed by atoms with van der Waals surface area (Å²) in [5.41, 5.74) is 0.195. The zero-order valence-corrected chi connectivity index (χ0v) is 13.3. The number of thiophene rings is 1. The Morgan fingerprint density at radius 3 is 1.94 bits per heavy atom. The fraction of sp³-hybridized carbons (Fsp3) is 0.733. The predicted molar refractivity (Wildman–Crippen MR) is 77.3 cm³/mol. The third-order valence-electron chi connectivity index (χ3n) is 2.97. The van der Waals surface area contributed by atoms with Gasteiger partial charge in [0.25, 0.3) is 0 Å². The second-order valence-corrected chi connectivity index (χ2v) is 8.18. The van der Waals surface area contributed by atoms with Gasteiger partial charge in [0, 0.05) is 10.8 Å². The van der Waals surface area contributed by atoms with Crippen molar-refractivity contribution in [1.82, 2.24) is 0 Å². The monoisotopic (exact) mass is 268 g/mol. The van der Waals surface area contributed by atoms with E-state index >= 15 is 0 Å². The molecule has 1 unspecified atom stereocenters. The van der Waals surface area contributed by atoms with Crippen molar-refractivity contribution in [3.05, 3.63) is 9.75 Å². The first-order chi connectivity index (χ1) is 8.10. The molecule has 0 bridgehead atoms. The molecule has 0 saturated carbocycles. The molecule has 0 fully saturated rings. The van der Waals surface area contributed by atoms with E-state index in [1.54, 1.807) is 0 Å². The Kier molecular flexibility index (Phi) is 3.17. The van der Waals surface area contributed by atoms with Crippen molar-refractivity contribution in [3.63, 3.8) is 0 Å². The van der Waals surface area contributed by atoms with Crippen LogP contribution in [-0.4, -0.2) is 12.7 Å².